The Morgan fingerprint density at radius 2 is 2.04 bits per heavy atom. The van der Waals surface area contributed by atoms with Crippen LogP contribution in [0, 0.1) is 0 Å². The van der Waals surface area contributed by atoms with E-state index in [0.717, 1.165) is 24.5 Å². The van der Waals surface area contributed by atoms with E-state index in [2.05, 4.69) is 10.0 Å². The van der Waals surface area contributed by atoms with Crippen LogP contribution in [0.5, 0.6) is 0 Å². The number of halogens is 4. The summed E-state index contributed by atoms with van der Waals surface area (Å²) in [6.45, 7) is 0.486. The molecule has 1 aliphatic heterocycles. The highest BCUT2D eigenvalue weighted by Gasteiger charge is 2.31. The zero-order valence-corrected chi connectivity index (χ0v) is 14.8. The van der Waals surface area contributed by atoms with Gasteiger partial charge in [-0.2, -0.15) is 13.2 Å². The number of piperidine rings is 1. The molecule has 1 aromatic rings. The summed E-state index contributed by atoms with van der Waals surface area (Å²) in [7, 11) is -3.41. The van der Waals surface area contributed by atoms with Gasteiger partial charge in [0.05, 0.1) is 22.5 Å². The van der Waals surface area contributed by atoms with Crippen LogP contribution in [0.2, 0.25) is 5.02 Å². The second-order valence-electron chi connectivity index (χ2n) is 5.80. The largest absolute Gasteiger partial charge is 0.416 e. The van der Waals surface area contributed by atoms with E-state index in [9.17, 15) is 26.4 Å². The van der Waals surface area contributed by atoms with Gasteiger partial charge in [0.15, 0.2) is 0 Å². The summed E-state index contributed by atoms with van der Waals surface area (Å²) in [5.74, 6) is 0. The molecule has 1 fully saturated rings. The molecule has 1 unspecified atom stereocenters. The Bertz CT molecular complexity index is 755. The summed E-state index contributed by atoms with van der Waals surface area (Å²) < 4.78 is 63.3. The van der Waals surface area contributed by atoms with Gasteiger partial charge in [0, 0.05) is 19.1 Å². The van der Waals surface area contributed by atoms with Crippen LogP contribution in [0.1, 0.15) is 18.4 Å². The van der Waals surface area contributed by atoms with E-state index < -0.39 is 33.8 Å². The third-order valence-corrected chi connectivity index (χ3v) is 4.72. The van der Waals surface area contributed by atoms with E-state index in [1.54, 1.807) is 0 Å². The molecule has 1 aromatic carbocycles. The number of hydrogen-bond acceptors (Lipinski definition) is 3. The van der Waals surface area contributed by atoms with Crippen molar-refractivity contribution in [2.75, 3.05) is 24.7 Å². The quantitative estimate of drug-likeness (QED) is 0.820. The van der Waals surface area contributed by atoms with Crippen LogP contribution >= 0.6 is 11.6 Å². The SMILES string of the molecule is CS(=O)(=O)NC1CCCN(C(=O)Nc2cc(C(F)(F)F)ccc2Cl)C1. The summed E-state index contributed by atoms with van der Waals surface area (Å²) in [6, 6.07) is 1.57. The van der Waals surface area contributed by atoms with Crippen molar-refractivity contribution < 1.29 is 26.4 Å². The summed E-state index contributed by atoms with van der Waals surface area (Å²) in [4.78, 5) is 13.6. The molecule has 0 radical (unpaired) electrons. The second kappa shape index (κ2) is 7.38. The molecule has 0 aliphatic carbocycles. The van der Waals surface area contributed by atoms with E-state index >= 15 is 0 Å². The predicted molar refractivity (Wildman–Crippen MR) is 88.0 cm³/mol. The molecule has 11 heteroatoms. The first-order chi connectivity index (χ1) is 11.5. The van der Waals surface area contributed by atoms with E-state index in [1.807, 2.05) is 0 Å². The van der Waals surface area contributed by atoms with E-state index in [0.29, 0.717) is 19.4 Å². The second-order valence-corrected chi connectivity index (χ2v) is 7.98. The molecule has 140 valence electrons. The Kier molecular flexibility index (Phi) is 5.85. The number of carbonyl (C=O) groups excluding carboxylic acids is 1. The van der Waals surface area contributed by atoms with Gasteiger partial charge in [0.1, 0.15) is 0 Å². The highest BCUT2D eigenvalue weighted by Crippen LogP contribution is 2.34. The first-order valence-electron chi connectivity index (χ1n) is 7.36. The van der Waals surface area contributed by atoms with E-state index in [-0.39, 0.29) is 17.3 Å². The number of alkyl halides is 3. The van der Waals surface area contributed by atoms with Crippen molar-refractivity contribution in [3.8, 4) is 0 Å². The molecule has 2 N–H and O–H groups in total. The first kappa shape index (κ1) is 19.8. The van der Waals surface area contributed by atoms with Gasteiger partial charge in [0.25, 0.3) is 0 Å². The van der Waals surface area contributed by atoms with Gasteiger partial charge in [-0.1, -0.05) is 11.6 Å². The average Bonchev–Trinajstić information content (AvgIpc) is 2.46. The predicted octanol–water partition coefficient (Wildman–Crippen LogP) is 2.90. The van der Waals surface area contributed by atoms with Crippen molar-refractivity contribution >= 4 is 33.3 Å². The van der Waals surface area contributed by atoms with Crippen LogP contribution in [0.15, 0.2) is 18.2 Å². The fraction of sp³-hybridized carbons (Fsp3) is 0.500. The number of amides is 2. The number of nitrogens with one attached hydrogen (secondary N) is 2. The summed E-state index contributed by atoms with van der Waals surface area (Å²) in [5, 5.41) is 2.33. The van der Waals surface area contributed by atoms with Crippen molar-refractivity contribution in [2.24, 2.45) is 0 Å². The Morgan fingerprint density at radius 3 is 2.64 bits per heavy atom. The molecule has 0 saturated carbocycles. The highest BCUT2D eigenvalue weighted by atomic mass is 35.5. The molecular formula is C14H17ClF3N3O3S. The van der Waals surface area contributed by atoms with E-state index in [4.69, 9.17) is 11.6 Å². The van der Waals surface area contributed by atoms with Crippen LogP contribution in [-0.4, -0.2) is 44.7 Å². The molecule has 6 nitrogen and oxygen atoms in total. The maximum Gasteiger partial charge on any atom is 0.416 e. The number of nitrogens with zero attached hydrogens (tertiary/aromatic N) is 1. The van der Waals surface area contributed by atoms with Crippen LogP contribution in [0.3, 0.4) is 0 Å². The summed E-state index contributed by atoms with van der Waals surface area (Å²) >= 11 is 5.85. The van der Waals surface area contributed by atoms with Gasteiger partial charge >= 0.3 is 12.2 Å². The monoisotopic (exact) mass is 399 g/mol. The molecule has 1 heterocycles. The lowest BCUT2D eigenvalue weighted by Gasteiger charge is -2.32. The zero-order valence-electron chi connectivity index (χ0n) is 13.2. The van der Waals surface area contributed by atoms with Gasteiger partial charge in [-0.05, 0) is 31.0 Å². The van der Waals surface area contributed by atoms with Crippen LogP contribution in [-0.2, 0) is 16.2 Å². The van der Waals surface area contributed by atoms with Crippen LogP contribution < -0.4 is 10.0 Å². The molecule has 1 saturated heterocycles. The Hall–Kier alpha value is -1.52. The minimum absolute atomic E-state index is 0.0239. The number of anilines is 1. The van der Waals surface area contributed by atoms with Crippen LogP contribution in [0.25, 0.3) is 0 Å². The number of rotatable bonds is 3. The average molecular weight is 400 g/mol. The number of likely N-dealkylation sites (tertiary alicyclic amines) is 1. The Labute approximate surface area is 148 Å². The summed E-state index contributed by atoms with van der Waals surface area (Å²) in [6.07, 6.45) is -2.40. The number of carbonyl (C=O) groups is 1. The standard InChI is InChI=1S/C14H17ClF3N3O3S/c1-25(23,24)20-10-3-2-6-21(8-10)13(22)19-12-7-9(14(16,17)18)4-5-11(12)15/h4-5,7,10,20H,2-3,6,8H2,1H3,(H,19,22). The topological polar surface area (TPSA) is 78.5 Å². The van der Waals surface area contributed by atoms with Crippen LogP contribution in [0.4, 0.5) is 23.7 Å². The fourth-order valence-corrected chi connectivity index (χ4v) is 3.51. The first-order valence-corrected chi connectivity index (χ1v) is 9.62. The normalized spacial score (nSPS) is 18.9. The number of benzene rings is 1. The van der Waals surface area contributed by atoms with Gasteiger partial charge < -0.3 is 10.2 Å². The smallest absolute Gasteiger partial charge is 0.323 e. The van der Waals surface area contributed by atoms with Gasteiger partial charge in [-0.25, -0.2) is 17.9 Å². The van der Waals surface area contributed by atoms with Crippen molar-refractivity contribution in [3.05, 3.63) is 28.8 Å². The lowest BCUT2D eigenvalue weighted by molar-refractivity contribution is -0.137. The fourth-order valence-electron chi connectivity index (χ4n) is 2.55. The molecule has 0 spiro atoms. The molecule has 0 aromatic heterocycles. The van der Waals surface area contributed by atoms with Crippen molar-refractivity contribution in [1.29, 1.82) is 0 Å². The maximum absolute atomic E-state index is 12.8. The molecule has 1 aliphatic rings. The third kappa shape index (κ3) is 5.75. The molecular weight excluding hydrogens is 383 g/mol. The molecule has 2 rings (SSSR count). The maximum atomic E-state index is 12.8. The molecule has 0 bridgehead atoms. The third-order valence-electron chi connectivity index (χ3n) is 3.62. The molecule has 25 heavy (non-hydrogen) atoms. The van der Waals surface area contributed by atoms with Gasteiger partial charge in [-0.3, -0.25) is 0 Å². The Balaban J connectivity index is 2.09. The zero-order chi connectivity index (χ0) is 18.8. The lowest BCUT2D eigenvalue weighted by Crippen LogP contribution is -2.50. The summed E-state index contributed by atoms with van der Waals surface area (Å²) in [5.41, 5.74) is -1.08. The highest BCUT2D eigenvalue weighted by molar-refractivity contribution is 7.88. The molecule has 2 amide bonds. The van der Waals surface area contributed by atoms with E-state index in [1.165, 1.54) is 4.90 Å². The van der Waals surface area contributed by atoms with Crippen molar-refractivity contribution in [2.45, 2.75) is 25.1 Å². The van der Waals surface area contributed by atoms with Crippen molar-refractivity contribution in [1.82, 2.24) is 9.62 Å². The minimum atomic E-state index is -4.56. The minimum Gasteiger partial charge on any atom is -0.323 e. The van der Waals surface area contributed by atoms with Crippen molar-refractivity contribution in [3.63, 3.8) is 0 Å². The Morgan fingerprint density at radius 1 is 1.36 bits per heavy atom. The molecule has 1 atom stereocenters. The number of urea groups is 1. The lowest BCUT2D eigenvalue weighted by atomic mass is 10.1. The number of hydrogen-bond donors (Lipinski definition) is 2. The van der Waals surface area contributed by atoms with Gasteiger partial charge in [-0.15, -0.1) is 0 Å². The van der Waals surface area contributed by atoms with Gasteiger partial charge in [0.2, 0.25) is 10.0 Å². The number of sulfonamides is 1.